The Morgan fingerprint density at radius 3 is 2.52 bits per heavy atom. The molecule has 2 rings (SSSR count). The van der Waals surface area contributed by atoms with Crippen molar-refractivity contribution in [1.82, 2.24) is 20.2 Å². The standard InChI is InChI=1S/C15H16Cl3F2N5O.HI/c1-21-15(24-8-12-22-2-4-25(12)14(19)20)23-3-5-26-13-10(17)6-9(16)7-11(13)18;/h2,4,6-7,14H,3,5,8H2,1H3,(H2,21,23,24);1H. The Morgan fingerprint density at radius 2 is 1.93 bits per heavy atom. The van der Waals surface area contributed by atoms with Crippen molar-refractivity contribution < 1.29 is 13.5 Å². The van der Waals surface area contributed by atoms with Crippen LogP contribution in [0, 0.1) is 0 Å². The predicted molar refractivity (Wildman–Crippen MR) is 114 cm³/mol. The van der Waals surface area contributed by atoms with Crippen molar-refractivity contribution >= 4 is 64.7 Å². The fraction of sp³-hybridized carbons (Fsp3) is 0.333. The first kappa shape index (κ1) is 24.0. The van der Waals surface area contributed by atoms with Crippen LogP contribution in [-0.2, 0) is 6.54 Å². The SMILES string of the molecule is CN=C(NCCOc1c(Cl)cc(Cl)cc1Cl)NCc1nccn1C(F)F.I. The van der Waals surface area contributed by atoms with Crippen molar-refractivity contribution in [2.24, 2.45) is 4.99 Å². The second kappa shape index (κ2) is 11.7. The number of hydrogen-bond acceptors (Lipinski definition) is 3. The fourth-order valence-electron chi connectivity index (χ4n) is 2.03. The lowest BCUT2D eigenvalue weighted by Gasteiger charge is -2.14. The average molecular weight is 555 g/mol. The van der Waals surface area contributed by atoms with E-state index in [4.69, 9.17) is 39.5 Å². The zero-order valence-corrected chi connectivity index (χ0v) is 18.7. The zero-order valence-electron chi connectivity index (χ0n) is 14.1. The summed E-state index contributed by atoms with van der Waals surface area (Å²) in [6.45, 7) is -1.94. The van der Waals surface area contributed by atoms with Crippen molar-refractivity contribution in [3.8, 4) is 5.75 Å². The largest absolute Gasteiger partial charge is 0.489 e. The van der Waals surface area contributed by atoms with Crippen LogP contribution in [0.1, 0.15) is 12.4 Å². The number of nitrogens with one attached hydrogen (secondary N) is 2. The summed E-state index contributed by atoms with van der Waals surface area (Å²) >= 11 is 17.9. The number of nitrogens with zero attached hydrogens (tertiary/aromatic N) is 3. The molecule has 150 valence electrons. The van der Waals surface area contributed by atoms with Gasteiger partial charge in [-0.05, 0) is 12.1 Å². The molecule has 6 nitrogen and oxygen atoms in total. The van der Waals surface area contributed by atoms with Gasteiger partial charge in [-0.15, -0.1) is 24.0 Å². The third kappa shape index (κ3) is 7.13. The number of aliphatic imine (C=N–C) groups is 1. The molecule has 1 aromatic heterocycles. The Balaban J connectivity index is 0.00000364. The number of benzene rings is 1. The molecule has 0 amide bonds. The summed E-state index contributed by atoms with van der Waals surface area (Å²) in [5.74, 6) is 0.936. The lowest BCUT2D eigenvalue weighted by molar-refractivity contribution is 0.0668. The summed E-state index contributed by atoms with van der Waals surface area (Å²) in [7, 11) is 1.56. The van der Waals surface area contributed by atoms with Gasteiger partial charge in [-0.2, -0.15) is 8.78 Å². The maximum atomic E-state index is 12.8. The van der Waals surface area contributed by atoms with Gasteiger partial charge < -0.3 is 15.4 Å². The quantitative estimate of drug-likeness (QED) is 0.227. The highest BCUT2D eigenvalue weighted by Crippen LogP contribution is 2.35. The molecule has 12 heteroatoms. The fourth-order valence-corrected chi connectivity index (χ4v) is 2.96. The van der Waals surface area contributed by atoms with Gasteiger partial charge in [0.25, 0.3) is 0 Å². The molecule has 2 aromatic rings. The van der Waals surface area contributed by atoms with E-state index < -0.39 is 6.55 Å². The van der Waals surface area contributed by atoms with Crippen molar-refractivity contribution in [3.05, 3.63) is 45.4 Å². The maximum Gasteiger partial charge on any atom is 0.319 e. The molecule has 1 heterocycles. The molecule has 27 heavy (non-hydrogen) atoms. The molecule has 0 fully saturated rings. The maximum absolute atomic E-state index is 12.8. The number of ether oxygens (including phenoxy) is 1. The van der Waals surface area contributed by atoms with Gasteiger partial charge in [0.1, 0.15) is 12.4 Å². The van der Waals surface area contributed by atoms with Crippen LogP contribution >= 0.6 is 58.8 Å². The van der Waals surface area contributed by atoms with Crippen molar-refractivity contribution in [2.75, 3.05) is 20.2 Å². The third-order valence-electron chi connectivity index (χ3n) is 3.20. The first-order chi connectivity index (χ1) is 12.4. The summed E-state index contributed by atoms with van der Waals surface area (Å²) in [5.41, 5.74) is 0. The topological polar surface area (TPSA) is 63.5 Å². The van der Waals surface area contributed by atoms with E-state index in [1.165, 1.54) is 24.5 Å². The first-order valence-corrected chi connectivity index (χ1v) is 8.57. The molecule has 0 spiro atoms. The lowest BCUT2D eigenvalue weighted by atomic mass is 10.3. The summed E-state index contributed by atoms with van der Waals surface area (Å²) in [6, 6.07) is 3.06. The van der Waals surface area contributed by atoms with Crippen LogP contribution in [-0.4, -0.2) is 35.7 Å². The normalized spacial score (nSPS) is 11.3. The summed E-state index contributed by atoms with van der Waals surface area (Å²) in [4.78, 5) is 7.88. The average Bonchev–Trinajstić information content (AvgIpc) is 3.04. The number of alkyl halides is 2. The van der Waals surface area contributed by atoms with E-state index in [0.29, 0.717) is 33.3 Å². The van der Waals surface area contributed by atoms with Crippen molar-refractivity contribution in [3.63, 3.8) is 0 Å². The van der Waals surface area contributed by atoms with E-state index in [-0.39, 0.29) is 43.0 Å². The van der Waals surface area contributed by atoms with Gasteiger partial charge in [-0.3, -0.25) is 9.56 Å². The summed E-state index contributed by atoms with van der Waals surface area (Å²) in [5, 5.41) is 6.90. The van der Waals surface area contributed by atoms with E-state index in [1.807, 2.05) is 0 Å². The number of hydrogen-bond donors (Lipinski definition) is 2. The zero-order chi connectivity index (χ0) is 19.1. The smallest absolute Gasteiger partial charge is 0.319 e. The van der Waals surface area contributed by atoms with Crippen LogP contribution in [0.5, 0.6) is 5.75 Å². The van der Waals surface area contributed by atoms with Crippen LogP contribution in [0.4, 0.5) is 8.78 Å². The lowest BCUT2D eigenvalue weighted by Crippen LogP contribution is -2.39. The van der Waals surface area contributed by atoms with E-state index in [0.717, 1.165) is 4.57 Å². The molecular weight excluding hydrogens is 537 g/mol. The number of halogens is 6. The van der Waals surface area contributed by atoms with Crippen molar-refractivity contribution in [1.29, 1.82) is 0 Å². The highest BCUT2D eigenvalue weighted by molar-refractivity contribution is 14.0. The highest BCUT2D eigenvalue weighted by atomic mass is 127. The van der Waals surface area contributed by atoms with Gasteiger partial charge in [0.15, 0.2) is 11.7 Å². The molecule has 0 bridgehead atoms. The van der Waals surface area contributed by atoms with E-state index in [2.05, 4.69) is 20.6 Å². The molecule has 0 saturated heterocycles. The molecule has 0 saturated carbocycles. The predicted octanol–water partition coefficient (Wildman–Crippen LogP) is 4.60. The number of imidazole rings is 1. The summed E-state index contributed by atoms with van der Waals surface area (Å²) < 4.78 is 31.8. The molecule has 0 aliphatic carbocycles. The van der Waals surface area contributed by atoms with Crippen LogP contribution in [0.3, 0.4) is 0 Å². The number of rotatable bonds is 7. The Kier molecular flexibility index (Phi) is 10.4. The van der Waals surface area contributed by atoms with E-state index in [1.54, 1.807) is 7.05 Å². The number of guanidine groups is 1. The second-order valence-corrected chi connectivity index (χ2v) is 6.18. The van der Waals surface area contributed by atoms with Crippen LogP contribution in [0.2, 0.25) is 15.1 Å². The Labute approximate surface area is 187 Å². The number of aromatic nitrogens is 2. The first-order valence-electron chi connectivity index (χ1n) is 7.44. The Hall–Kier alpha value is -1.04. The van der Waals surface area contributed by atoms with Crippen LogP contribution < -0.4 is 15.4 Å². The molecule has 0 radical (unpaired) electrons. The minimum atomic E-state index is -2.65. The molecule has 0 aliphatic heterocycles. The monoisotopic (exact) mass is 553 g/mol. The van der Waals surface area contributed by atoms with Gasteiger partial charge in [-0.25, -0.2) is 4.98 Å². The minimum absolute atomic E-state index is 0. The van der Waals surface area contributed by atoms with Crippen LogP contribution in [0.15, 0.2) is 29.5 Å². The molecule has 0 atom stereocenters. The second-order valence-electron chi connectivity index (χ2n) is 4.93. The summed E-state index contributed by atoms with van der Waals surface area (Å²) in [6.07, 6.45) is 2.53. The molecule has 0 aliphatic rings. The van der Waals surface area contributed by atoms with Gasteiger partial charge in [0.2, 0.25) is 0 Å². The Morgan fingerprint density at radius 1 is 1.26 bits per heavy atom. The molecule has 0 unspecified atom stereocenters. The van der Waals surface area contributed by atoms with Gasteiger partial charge in [0.05, 0.1) is 23.1 Å². The highest BCUT2D eigenvalue weighted by Gasteiger charge is 2.12. The minimum Gasteiger partial charge on any atom is -0.489 e. The van der Waals surface area contributed by atoms with E-state index >= 15 is 0 Å². The van der Waals surface area contributed by atoms with Crippen LogP contribution in [0.25, 0.3) is 0 Å². The molecular formula is C15H17Cl3F2IN5O. The van der Waals surface area contributed by atoms with E-state index in [9.17, 15) is 8.78 Å². The Bertz CT molecular complexity index is 753. The van der Waals surface area contributed by atoms with Crippen molar-refractivity contribution in [2.45, 2.75) is 13.1 Å². The van der Waals surface area contributed by atoms with Gasteiger partial charge >= 0.3 is 6.55 Å². The molecule has 2 N–H and O–H groups in total. The van der Waals surface area contributed by atoms with Gasteiger partial charge in [0, 0.05) is 24.5 Å². The molecule has 1 aromatic carbocycles. The van der Waals surface area contributed by atoms with Gasteiger partial charge in [-0.1, -0.05) is 34.8 Å². The third-order valence-corrected chi connectivity index (χ3v) is 3.98.